The van der Waals surface area contributed by atoms with Gasteiger partial charge in [-0.05, 0) is 18.9 Å². The molecule has 0 aliphatic heterocycles. The van der Waals surface area contributed by atoms with E-state index >= 15 is 0 Å². The number of rotatable bonds is 8. The highest BCUT2D eigenvalue weighted by molar-refractivity contribution is 5.69. The first-order valence-electron chi connectivity index (χ1n) is 6.52. The Balaban J connectivity index is 2.25. The van der Waals surface area contributed by atoms with Crippen LogP contribution in [0.2, 0.25) is 0 Å². The van der Waals surface area contributed by atoms with Crippen LogP contribution in [0.1, 0.15) is 43.2 Å². The third kappa shape index (κ3) is 6.03. The largest absolute Gasteiger partial charge is 0.461 e. The van der Waals surface area contributed by atoms with E-state index in [1.807, 2.05) is 6.07 Å². The van der Waals surface area contributed by atoms with Crippen molar-refractivity contribution < 1.29 is 14.6 Å². The number of nitrogens with zero attached hydrogens (tertiary/aromatic N) is 1. The SMILES string of the molecule is N#Cc1ccccc1COC(=O)CCCCCCO. The van der Waals surface area contributed by atoms with Crippen molar-refractivity contribution >= 4 is 5.97 Å². The molecule has 102 valence electrons. The molecule has 0 unspecified atom stereocenters. The molecule has 0 aliphatic carbocycles. The molecule has 0 fully saturated rings. The molecule has 4 heteroatoms. The van der Waals surface area contributed by atoms with Crippen molar-refractivity contribution in [3.63, 3.8) is 0 Å². The lowest BCUT2D eigenvalue weighted by molar-refractivity contribution is -0.145. The van der Waals surface area contributed by atoms with Gasteiger partial charge >= 0.3 is 5.97 Å². The van der Waals surface area contributed by atoms with E-state index in [2.05, 4.69) is 6.07 Å². The summed E-state index contributed by atoms with van der Waals surface area (Å²) in [6, 6.07) is 9.16. The summed E-state index contributed by atoms with van der Waals surface area (Å²) in [5, 5.41) is 17.5. The van der Waals surface area contributed by atoms with E-state index in [0.717, 1.165) is 31.2 Å². The molecule has 0 spiro atoms. The molecule has 0 heterocycles. The number of unbranched alkanes of at least 4 members (excludes halogenated alkanes) is 3. The maximum absolute atomic E-state index is 11.5. The number of hydrogen-bond acceptors (Lipinski definition) is 4. The van der Waals surface area contributed by atoms with Crippen molar-refractivity contribution in [2.24, 2.45) is 0 Å². The fraction of sp³-hybridized carbons (Fsp3) is 0.467. The van der Waals surface area contributed by atoms with E-state index in [4.69, 9.17) is 15.1 Å². The number of carbonyl (C=O) groups is 1. The van der Waals surface area contributed by atoms with Gasteiger partial charge in [-0.2, -0.15) is 5.26 Å². The Bertz CT molecular complexity index is 437. The number of benzene rings is 1. The predicted molar refractivity (Wildman–Crippen MR) is 71.1 cm³/mol. The van der Waals surface area contributed by atoms with Crippen molar-refractivity contribution in [2.75, 3.05) is 6.61 Å². The molecule has 0 bridgehead atoms. The first-order chi connectivity index (χ1) is 9.27. The third-order valence-corrected chi connectivity index (χ3v) is 2.82. The summed E-state index contributed by atoms with van der Waals surface area (Å²) in [5.74, 6) is -0.239. The molecule has 19 heavy (non-hydrogen) atoms. The molecule has 4 nitrogen and oxygen atoms in total. The second-order valence-corrected chi connectivity index (χ2v) is 4.32. The van der Waals surface area contributed by atoms with E-state index in [0.29, 0.717) is 12.0 Å². The monoisotopic (exact) mass is 261 g/mol. The zero-order valence-electron chi connectivity index (χ0n) is 11.0. The van der Waals surface area contributed by atoms with Crippen LogP contribution in [0.3, 0.4) is 0 Å². The highest BCUT2D eigenvalue weighted by atomic mass is 16.5. The van der Waals surface area contributed by atoms with Gasteiger partial charge in [-0.1, -0.05) is 31.0 Å². The molecular weight excluding hydrogens is 242 g/mol. The Labute approximate surface area is 113 Å². The average molecular weight is 261 g/mol. The Morgan fingerprint density at radius 2 is 1.95 bits per heavy atom. The molecule has 0 saturated carbocycles. The molecular formula is C15H19NO3. The van der Waals surface area contributed by atoms with Gasteiger partial charge in [-0.15, -0.1) is 0 Å². The minimum Gasteiger partial charge on any atom is -0.461 e. The lowest BCUT2D eigenvalue weighted by Crippen LogP contribution is -2.05. The van der Waals surface area contributed by atoms with Crippen molar-refractivity contribution in [1.29, 1.82) is 5.26 Å². The van der Waals surface area contributed by atoms with Gasteiger partial charge in [0.25, 0.3) is 0 Å². The molecule has 0 amide bonds. The zero-order chi connectivity index (χ0) is 13.9. The Kier molecular flexibility index (Phi) is 7.30. The molecule has 0 radical (unpaired) electrons. The van der Waals surface area contributed by atoms with Gasteiger partial charge in [0.15, 0.2) is 0 Å². The highest BCUT2D eigenvalue weighted by Crippen LogP contribution is 2.10. The number of hydrogen-bond donors (Lipinski definition) is 1. The minimum atomic E-state index is -0.239. The molecule has 0 atom stereocenters. The van der Waals surface area contributed by atoms with E-state index in [1.165, 1.54) is 0 Å². The first-order valence-corrected chi connectivity index (χ1v) is 6.52. The van der Waals surface area contributed by atoms with Crippen LogP contribution in [0.5, 0.6) is 0 Å². The summed E-state index contributed by atoms with van der Waals surface area (Å²) in [4.78, 5) is 11.5. The molecule has 0 aromatic heterocycles. The Morgan fingerprint density at radius 1 is 1.21 bits per heavy atom. The summed E-state index contributed by atoms with van der Waals surface area (Å²) in [6.07, 6.45) is 3.80. The fourth-order valence-corrected chi connectivity index (χ4v) is 1.72. The van der Waals surface area contributed by atoms with Crippen molar-refractivity contribution in [1.82, 2.24) is 0 Å². The summed E-state index contributed by atoms with van der Waals surface area (Å²) >= 11 is 0. The number of aliphatic hydroxyl groups excluding tert-OH is 1. The summed E-state index contributed by atoms with van der Waals surface area (Å²) in [7, 11) is 0. The van der Waals surface area contributed by atoms with Gasteiger partial charge in [-0.25, -0.2) is 0 Å². The van der Waals surface area contributed by atoms with Crippen LogP contribution in [0.4, 0.5) is 0 Å². The number of ether oxygens (including phenoxy) is 1. The lowest BCUT2D eigenvalue weighted by Gasteiger charge is -2.06. The Hall–Kier alpha value is -1.86. The van der Waals surface area contributed by atoms with Crippen molar-refractivity contribution in [2.45, 2.75) is 38.7 Å². The van der Waals surface area contributed by atoms with E-state index < -0.39 is 0 Å². The maximum Gasteiger partial charge on any atom is 0.306 e. The minimum absolute atomic E-state index is 0.152. The molecule has 0 saturated heterocycles. The van der Waals surface area contributed by atoms with Gasteiger partial charge in [0.2, 0.25) is 0 Å². The Morgan fingerprint density at radius 3 is 2.68 bits per heavy atom. The van der Waals surface area contributed by atoms with Crippen LogP contribution in [0.15, 0.2) is 24.3 Å². The normalized spacial score (nSPS) is 9.89. The molecule has 0 aliphatic rings. The van der Waals surface area contributed by atoms with Crippen LogP contribution in [-0.4, -0.2) is 17.7 Å². The lowest BCUT2D eigenvalue weighted by atomic mass is 10.1. The van der Waals surface area contributed by atoms with Gasteiger partial charge in [0, 0.05) is 18.6 Å². The van der Waals surface area contributed by atoms with E-state index in [1.54, 1.807) is 18.2 Å². The highest BCUT2D eigenvalue weighted by Gasteiger charge is 2.06. The fourth-order valence-electron chi connectivity index (χ4n) is 1.72. The quantitative estimate of drug-likeness (QED) is 0.576. The van der Waals surface area contributed by atoms with Crippen molar-refractivity contribution in [3.05, 3.63) is 35.4 Å². The van der Waals surface area contributed by atoms with E-state index in [-0.39, 0.29) is 19.2 Å². The van der Waals surface area contributed by atoms with E-state index in [9.17, 15) is 4.79 Å². The van der Waals surface area contributed by atoms with Gasteiger partial charge in [0.1, 0.15) is 6.61 Å². The van der Waals surface area contributed by atoms with Crippen molar-refractivity contribution in [3.8, 4) is 6.07 Å². The number of esters is 1. The average Bonchev–Trinajstić information content (AvgIpc) is 2.45. The summed E-state index contributed by atoms with van der Waals surface area (Å²) in [5.41, 5.74) is 1.27. The third-order valence-electron chi connectivity index (χ3n) is 2.82. The summed E-state index contributed by atoms with van der Waals surface area (Å²) < 4.78 is 5.14. The topological polar surface area (TPSA) is 70.3 Å². The van der Waals surface area contributed by atoms with Crippen LogP contribution in [0, 0.1) is 11.3 Å². The molecule has 1 rings (SSSR count). The predicted octanol–water partition coefficient (Wildman–Crippen LogP) is 2.54. The number of aliphatic hydroxyl groups is 1. The summed E-state index contributed by atoms with van der Waals surface area (Å²) in [6.45, 7) is 0.356. The smallest absolute Gasteiger partial charge is 0.306 e. The van der Waals surface area contributed by atoms with Crippen LogP contribution in [-0.2, 0) is 16.1 Å². The number of nitriles is 1. The zero-order valence-corrected chi connectivity index (χ0v) is 11.0. The van der Waals surface area contributed by atoms with Crippen LogP contribution in [0.25, 0.3) is 0 Å². The standard InChI is InChI=1S/C15H19NO3/c16-11-13-7-4-5-8-14(13)12-19-15(18)9-3-1-2-6-10-17/h4-5,7-8,17H,1-3,6,9-10,12H2. The molecule has 1 aromatic rings. The van der Waals surface area contributed by atoms with Gasteiger partial charge in [-0.3, -0.25) is 4.79 Å². The second kappa shape index (κ2) is 9.12. The molecule has 1 N–H and O–H groups in total. The second-order valence-electron chi connectivity index (χ2n) is 4.32. The maximum atomic E-state index is 11.5. The molecule has 1 aromatic carbocycles. The van der Waals surface area contributed by atoms with Gasteiger partial charge in [0.05, 0.1) is 11.6 Å². The number of carbonyl (C=O) groups excluding carboxylic acids is 1. The van der Waals surface area contributed by atoms with Crippen LogP contribution < -0.4 is 0 Å². The first kappa shape index (κ1) is 15.2. The van der Waals surface area contributed by atoms with Gasteiger partial charge < -0.3 is 9.84 Å². The van der Waals surface area contributed by atoms with Crippen LogP contribution >= 0.6 is 0 Å².